The maximum Gasteiger partial charge on any atom is 0.124 e. The van der Waals surface area contributed by atoms with E-state index < -0.39 is 0 Å². The molecule has 2 nitrogen and oxygen atoms in total. The molecule has 0 radical (unpaired) electrons. The third-order valence-corrected chi connectivity index (χ3v) is 4.21. The van der Waals surface area contributed by atoms with Crippen LogP contribution in [0.25, 0.3) is 0 Å². The molecule has 1 aromatic carbocycles. The molecule has 106 valence electrons. The summed E-state index contributed by atoms with van der Waals surface area (Å²) in [7, 11) is 0. The summed E-state index contributed by atoms with van der Waals surface area (Å²) in [5, 5.41) is 3.72. The van der Waals surface area contributed by atoms with Gasteiger partial charge < -0.3 is 10.1 Å². The highest BCUT2D eigenvalue weighted by molar-refractivity contribution is 5.38. The normalized spacial score (nSPS) is 25.7. The highest BCUT2D eigenvalue weighted by Gasteiger charge is 2.35. The second-order valence-electron chi connectivity index (χ2n) is 5.86. The van der Waals surface area contributed by atoms with Gasteiger partial charge in [0.1, 0.15) is 11.4 Å². The predicted molar refractivity (Wildman–Crippen MR) is 80.7 cm³/mol. The van der Waals surface area contributed by atoms with Crippen molar-refractivity contribution < 1.29 is 4.74 Å². The zero-order chi connectivity index (χ0) is 13.7. The van der Waals surface area contributed by atoms with Crippen molar-refractivity contribution in [3.8, 4) is 5.75 Å². The first-order valence-electron chi connectivity index (χ1n) is 7.70. The van der Waals surface area contributed by atoms with E-state index in [9.17, 15) is 0 Å². The molecule has 0 spiro atoms. The topological polar surface area (TPSA) is 21.3 Å². The number of ether oxygens (including phenoxy) is 1. The number of hydrogen-bond donors (Lipinski definition) is 1. The third kappa shape index (κ3) is 3.50. The van der Waals surface area contributed by atoms with Crippen molar-refractivity contribution in [3.05, 3.63) is 29.8 Å². The van der Waals surface area contributed by atoms with Crippen LogP contribution in [0.5, 0.6) is 5.75 Å². The van der Waals surface area contributed by atoms with Crippen LogP contribution in [0.3, 0.4) is 0 Å². The Labute approximate surface area is 117 Å². The van der Waals surface area contributed by atoms with Gasteiger partial charge in [-0.15, -0.1) is 0 Å². The summed E-state index contributed by atoms with van der Waals surface area (Å²) in [5.74, 6) is 1.06. The first-order valence-corrected chi connectivity index (χ1v) is 7.70. The maximum absolute atomic E-state index is 6.19. The number of hydrogen-bond acceptors (Lipinski definition) is 2. The number of fused-ring (bicyclic) bond motifs is 1. The maximum atomic E-state index is 6.19. The lowest BCUT2D eigenvalue weighted by Crippen LogP contribution is -2.41. The summed E-state index contributed by atoms with van der Waals surface area (Å²) in [5.41, 5.74) is 1.29. The van der Waals surface area contributed by atoms with E-state index >= 15 is 0 Å². The van der Waals surface area contributed by atoms with Crippen LogP contribution in [-0.4, -0.2) is 12.1 Å². The van der Waals surface area contributed by atoms with Gasteiger partial charge in [-0.3, -0.25) is 0 Å². The zero-order valence-electron chi connectivity index (χ0n) is 12.5. The number of para-hydroxylation sites is 1. The lowest BCUT2D eigenvalue weighted by Gasteiger charge is -2.40. The molecule has 2 heteroatoms. The summed E-state index contributed by atoms with van der Waals surface area (Å²) in [6.07, 6.45) is 5.96. The molecule has 0 fully saturated rings. The SMILES string of the molecule is CCCCCNC1CC(C)(CC)Oc2ccccc21. The first kappa shape index (κ1) is 14.4. The minimum absolute atomic E-state index is 0.0310. The van der Waals surface area contributed by atoms with Crippen LogP contribution < -0.4 is 10.1 Å². The smallest absolute Gasteiger partial charge is 0.124 e. The fourth-order valence-electron chi connectivity index (χ4n) is 2.76. The fraction of sp³-hybridized carbons (Fsp3) is 0.647. The van der Waals surface area contributed by atoms with Crippen molar-refractivity contribution in [2.24, 2.45) is 0 Å². The molecule has 2 rings (SSSR count). The van der Waals surface area contributed by atoms with Crippen molar-refractivity contribution in [2.75, 3.05) is 6.54 Å². The molecule has 0 amide bonds. The van der Waals surface area contributed by atoms with Crippen molar-refractivity contribution in [3.63, 3.8) is 0 Å². The number of rotatable bonds is 6. The van der Waals surface area contributed by atoms with Crippen LogP contribution in [0.1, 0.15) is 64.5 Å². The molecular formula is C17H27NO. The van der Waals surface area contributed by atoms with Gasteiger partial charge in [0.25, 0.3) is 0 Å². The van der Waals surface area contributed by atoms with E-state index in [0.717, 1.165) is 25.1 Å². The summed E-state index contributed by atoms with van der Waals surface area (Å²) in [4.78, 5) is 0. The minimum atomic E-state index is -0.0310. The Morgan fingerprint density at radius 1 is 1.26 bits per heavy atom. The first-order chi connectivity index (χ1) is 9.18. The van der Waals surface area contributed by atoms with E-state index in [1.807, 2.05) is 0 Å². The highest BCUT2D eigenvalue weighted by Crippen LogP contribution is 2.40. The van der Waals surface area contributed by atoms with Crippen LogP contribution in [0.2, 0.25) is 0 Å². The van der Waals surface area contributed by atoms with Crippen LogP contribution in [0.4, 0.5) is 0 Å². The van der Waals surface area contributed by atoms with Gasteiger partial charge in [0.15, 0.2) is 0 Å². The Hall–Kier alpha value is -1.02. The van der Waals surface area contributed by atoms with Crippen molar-refractivity contribution in [2.45, 2.75) is 64.5 Å². The van der Waals surface area contributed by atoms with E-state index in [1.165, 1.54) is 24.8 Å². The molecule has 1 aromatic rings. The number of nitrogens with one attached hydrogen (secondary N) is 1. The average molecular weight is 261 g/mol. The third-order valence-electron chi connectivity index (χ3n) is 4.21. The van der Waals surface area contributed by atoms with Crippen molar-refractivity contribution in [1.29, 1.82) is 0 Å². The van der Waals surface area contributed by atoms with Crippen LogP contribution in [0, 0.1) is 0 Å². The van der Waals surface area contributed by atoms with Gasteiger partial charge in [-0.05, 0) is 32.4 Å². The molecular weight excluding hydrogens is 234 g/mol. The van der Waals surface area contributed by atoms with Gasteiger partial charge >= 0.3 is 0 Å². The van der Waals surface area contributed by atoms with Crippen LogP contribution in [-0.2, 0) is 0 Å². The number of unbranched alkanes of at least 4 members (excludes halogenated alkanes) is 2. The van der Waals surface area contributed by atoms with E-state index in [4.69, 9.17) is 4.74 Å². The molecule has 0 saturated carbocycles. The quantitative estimate of drug-likeness (QED) is 0.763. The standard InChI is InChI=1S/C17H27NO/c1-4-6-9-12-18-15-13-17(3,5-2)19-16-11-8-7-10-14(15)16/h7-8,10-11,15,18H,4-6,9,12-13H2,1-3H3. The van der Waals surface area contributed by atoms with Gasteiger partial charge in [0.05, 0.1) is 0 Å². The van der Waals surface area contributed by atoms with E-state index in [1.54, 1.807) is 0 Å². The summed E-state index contributed by atoms with van der Waals surface area (Å²) in [6, 6.07) is 8.91. The lowest BCUT2D eigenvalue weighted by atomic mass is 9.86. The Kier molecular flexibility index (Phi) is 4.87. The van der Waals surface area contributed by atoms with Gasteiger partial charge in [-0.1, -0.05) is 44.9 Å². The molecule has 1 aliphatic rings. The van der Waals surface area contributed by atoms with Crippen molar-refractivity contribution >= 4 is 0 Å². The second-order valence-corrected chi connectivity index (χ2v) is 5.86. The molecule has 1 heterocycles. The molecule has 19 heavy (non-hydrogen) atoms. The monoisotopic (exact) mass is 261 g/mol. The zero-order valence-corrected chi connectivity index (χ0v) is 12.5. The van der Waals surface area contributed by atoms with Gasteiger partial charge in [0.2, 0.25) is 0 Å². The van der Waals surface area contributed by atoms with Crippen molar-refractivity contribution in [1.82, 2.24) is 5.32 Å². The summed E-state index contributed by atoms with van der Waals surface area (Å²) in [6.45, 7) is 7.79. The molecule has 1 aliphatic heterocycles. The number of benzene rings is 1. The van der Waals surface area contributed by atoms with Gasteiger partial charge in [-0.25, -0.2) is 0 Å². The average Bonchev–Trinajstić information content (AvgIpc) is 2.43. The minimum Gasteiger partial charge on any atom is -0.487 e. The molecule has 2 unspecified atom stereocenters. The van der Waals surface area contributed by atoms with E-state index in [2.05, 4.69) is 50.4 Å². The highest BCUT2D eigenvalue weighted by atomic mass is 16.5. The predicted octanol–water partition coefficient (Wildman–Crippen LogP) is 4.46. The largest absolute Gasteiger partial charge is 0.487 e. The molecule has 0 saturated heterocycles. The van der Waals surface area contributed by atoms with E-state index in [0.29, 0.717) is 6.04 Å². The van der Waals surface area contributed by atoms with E-state index in [-0.39, 0.29) is 5.60 Å². The van der Waals surface area contributed by atoms with Crippen LogP contribution >= 0.6 is 0 Å². The second kappa shape index (κ2) is 6.42. The molecule has 2 atom stereocenters. The molecule has 0 bridgehead atoms. The summed E-state index contributed by atoms with van der Waals surface area (Å²) >= 11 is 0. The molecule has 1 N–H and O–H groups in total. The fourth-order valence-corrected chi connectivity index (χ4v) is 2.76. The Balaban J connectivity index is 2.08. The van der Waals surface area contributed by atoms with Gasteiger partial charge in [-0.2, -0.15) is 0 Å². The van der Waals surface area contributed by atoms with Gasteiger partial charge in [0, 0.05) is 18.0 Å². The Morgan fingerprint density at radius 2 is 2.05 bits per heavy atom. The molecule has 0 aliphatic carbocycles. The Bertz CT molecular complexity index is 404. The molecule has 0 aromatic heterocycles. The van der Waals surface area contributed by atoms with Crippen LogP contribution in [0.15, 0.2) is 24.3 Å². The summed E-state index contributed by atoms with van der Waals surface area (Å²) < 4.78 is 6.19. The Morgan fingerprint density at radius 3 is 2.79 bits per heavy atom. The lowest BCUT2D eigenvalue weighted by molar-refractivity contribution is 0.0442.